The van der Waals surface area contributed by atoms with Crippen LogP contribution in [-0.2, 0) is 10.0 Å². The Balaban J connectivity index is 1.99. The predicted octanol–water partition coefficient (Wildman–Crippen LogP) is 3.77. The van der Waals surface area contributed by atoms with Gasteiger partial charge in [-0.3, -0.25) is 9.10 Å². The van der Waals surface area contributed by atoms with Gasteiger partial charge in [-0.2, -0.15) is 0 Å². The molecule has 2 aromatic carbocycles. The maximum Gasteiger partial charge on any atom is 0.255 e. The summed E-state index contributed by atoms with van der Waals surface area (Å²) in [5, 5.41) is 2.87. The number of hydrogen-bond acceptors (Lipinski definition) is 3. The number of nitrogens with zero attached hydrogens (tertiary/aromatic N) is 1. The van der Waals surface area contributed by atoms with E-state index in [4.69, 9.17) is 0 Å². The van der Waals surface area contributed by atoms with Gasteiger partial charge in [-0.1, -0.05) is 36.4 Å². The highest BCUT2D eigenvalue weighted by molar-refractivity contribution is 7.92. The number of allylic oxidation sites excluding steroid dienone is 2. The standard InChI is InChI=1S/C20H22N2O3S/c1-22(26(2,24)25)19-13-12-17(15-8-6-7-9-15)14-18(19)21-20(23)16-10-4-3-5-11-16/h3-6,8,10-15H,7,9H2,1-2H3,(H,21,23). The second kappa shape index (κ2) is 7.33. The summed E-state index contributed by atoms with van der Waals surface area (Å²) in [4.78, 5) is 12.6. The Morgan fingerprint density at radius 2 is 1.88 bits per heavy atom. The van der Waals surface area contributed by atoms with Gasteiger partial charge in [-0.25, -0.2) is 8.42 Å². The van der Waals surface area contributed by atoms with Gasteiger partial charge >= 0.3 is 0 Å². The Bertz CT molecular complexity index is 937. The molecule has 5 nitrogen and oxygen atoms in total. The van der Waals surface area contributed by atoms with Gasteiger partial charge in [0, 0.05) is 18.5 Å². The van der Waals surface area contributed by atoms with Crippen LogP contribution in [0.25, 0.3) is 0 Å². The zero-order valence-corrected chi connectivity index (χ0v) is 15.7. The number of sulfonamides is 1. The number of rotatable bonds is 5. The molecule has 1 aliphatic rings. The second-order valence-electron chi connectivity index (χ2n) is 6.44. The van der Waals surface area contributed by atoms with Crippen molar-refractivity contribution in [1.29, 1.82) is 0 Å². The number of nitrogens with one attached hydrogen (secondary N) is 1. The molecule has 0 radical (unpaired) electrons. The van der Waals surface area contributed by atoms with Crippen LogP contribution < -0.4 is 9.62 Å². The quantitative estimate of drug-likeness (QED) is 0.815. The zero-order chi connectivity index (χ0) is 18.7. The Morgan fingerprint density at radius 3 is 2.50 bits per heavy atom. The van der Waals surface area contributed by atoms with Crippen LogP contribution >= 0.6 is 0 Å². The third kappa shape index (κ3) is 3.96. The summed E-state index contributed by atoms with van der Waals surface area (Å²) >= 11 is 0. The van der Waals surface area contributed by atoms with Crippen molar-refractivity contribution in [2.75, 3.05) is 22.9 Å². The third-order valence-corrected chi connectivity index (χ3v) is 5.77. The van der Waals surface area contributed by atoms with Gasteiger partial charge in [0.25, 0.3) is 5.91 Å². The fraction of sp³-hybridized carbons (Fsp3) is 0.250. The average Bonchev–Trinajstić information content (AvgIpc) is 3.16. The molecule has 1 amide bonds. The number of anilines is 2. The van der Waals surface area contributed by atoms with Gasteiger partial charge in [0.05, 0.1) is 17.6 Å². The van der Waals surface area contributed by atoms with E-state index >= 15 is 0 Å². The Hall–Kier alpha value is -2.60. The number of hydrogen-bond donors (Lipinski definition) is 1. The molecule has 0 heterocycles. The summed E-state index contributed by atoms with van der Waals surface area (Å²) < 4.78 is 25.1. The minimum atomic E-state index is -3.44. The van der Waals surface area contributed by atoms with Crippen LogP contribution in [-0.4, -0.2) is 27.6 Å². The van der Waals surface area contributed by atoms with Crippen LogP contribution in [0.1, 0.15) is 34.7 Å². The van der Waals surface area contributed by atoms with E-state index in [0.29, 0.717) is 22.9 Å². The normalized spacial score (nSPS) is 16.5. The molecular formula is C20H22N2O3S. The molecule has 26 heavy (non-hydrogen) atoms. The van der Waals surface area contributed by atoms with Gasteiger partial charge in [-0.15, -0.1) is 0 Å². The summed E-state index contributed by atoms with van der Waals surface area (Å²) in [7, 11) is -1.96. The highest BCUT2D eigenvalue weighted by Gasteiger charge is 2.20. The summed E-state index contributed by atoms with van der Waals surface area (Å²) in [5.74, 6) is 0.0211. The molecule has 136 valence electrons. The van der Waals surface area contributed by atoms with Crippen LogP contribution in [0.4, 0.5) is 11.4 Å². The van der Waals surface area contributed by atoms with Crippen molar-refractivity contribution in [2.24, 2.45) is 0 Å². The fourth-order valence-electron chi connectivity index (χ4n) is 3.03. The monoisotopic (exact) mass is 370 g/mol. The molecule has 1 unspecified atom stereocenters. The van der Waals surface area contributed by atoms with Gasteiger partial charge in [-0.05, 0) is 42.7 Å². The number of benzene rings is 2. The van der Waals surface area contributed by atoms with Crippen molar-refractivity contribution < 1.29 is 13.2 Å². The first-order valence-electron chi connectivity index (χ1n) is 8.47. The molecule has 0 saturated heterocycles. The van der Waals surface area contributed by atoms with Crippen LogP contribution in [0.15, 0.2) is 60.7 Å². The molecule has 1 N–H and O–H groups in total. The Morgan fingerprint density at radius 1 is 1.15 bits per heavy atom. The van der Waals surface area contributed by atoms with E-state index in [0.717, 1.165) is 24.7 Å². The van der Waals surface area contributed by atoms with Gasteiger partial charge in [0.1, 0.15) is 0 Å². The lowest BCUT2D eigenvalue weighted by atomic mass is 9.97. The van der Waals surface area contributed by atoms with Crippen molar-refractivity contribution in [1.82, 2.24) is 0 Å². The summed E-state index contributed by atoms with van der Waals surface area (Å²) in [6.07, 6.45) is 7.49. The largest absolute Gasteiger partial charge is 0.320 e. The Kier molecular flexibility index (Phi) is 5.13. The van der Waals surface area contributed by atoms with E-state index in [1.54, 1.807) is 30.3 Å². The molecule has 6 heteroatoms. The minimum Gasteiger partial charge on any atom is -0.320 e. The van der Waals surface area contributed by atoms with Crippen molar-refractivity contribution >= 4 is 27.3 Å². The first-order chi connectivity index (χ1) is 12.4. The molecule has 0 spiro atoms. The van der Waals surface area contributed by atoms with Gasteiger partial charge < -0.3 is 5.32 Å². The van der Waals surface area contributed by atoms with Crippen LogP contribution in [0.3, 0.4) is 0 Å². The predicted molar refractivity (Wildman–Crippen MR) is 105 cm³/mol. The van der Waals surface area contributed by atoms with Crippen molar-refractivity contribution in [3.63, 3.8) is 0 Å². The summed E-state index contributed by atoms with van der Waals surface area (Å²) in [5.41, 5.74) is 2.52. The molecule has 0 bridgehead atoms. The average molecular weight is 370 g/mol. The summed E-state index contributed by atoms with van der Waals surface area (Å²) in [6.45, 7) is 0. The zero-order valence-electron chi connectivity index (χ0n) is 14.8. The van der Waals surface area contributed by atoms with Crippen molar-refractivity contribution in [3.05, 3.63) is 71.8 Å². The van der Waals surface area contributed by atoms with E-state index in [1.165, 1.54) is 11.4 Å². The minimum absolute atomic E-state index is 0.270. The van der Waals surface area contributed by atoms with Crippen LogP contribution in [0.5, 0.6) is 0 Å². The van der Waals surface area contributed by atoms with E-state index < -0.39 is 10.0 Å². The van der Waals surface area contributed by atoms with Crippen LogP contribution in [0, 0.1) is 0 Å². The number of carbonyl (C=O) groups excluding carboxylic acids is 1. The number of carbonyl (C=O) groups is 1. The SMILES string of the molecule is CN(c1ccc(C2C=CCC2)cc1NC(=O)c1ccccc1)S(C)(=O)=O. The summed E-state index contributed by atoms with van der Waals surface area (Å²) in [6, 6.07) is 14.4. The van der Waals surface area contributed by atoms with Crippen LogP contribution in [0.2, 0.25) is 0 Å². The maximum atomic E-state index is 12.6. The number of amides is 1. The lowest BCUT2D eigenvalue weighted by Crippen LogP contribution is -2.26. The molecule has 2 aromatic rings. The van der Waals surface area contributed by atoms with E-state index in [2.05, 4.69) is 17.5 Å². The molecule has 0 aromatic heterocycles. The lowest BCUT2D eigenvalue weighted by Gasteiger charge is -2.22. The van der Waals surface area contributed by atoms with E-state index in [-0.39, 0.29) is 5.91 Å². The lowest BCUT2D eigenvalue weighted by molar-refractivity contribution is 0.102. The van der Waals surface area contributed by atoms with E-state index in [9.17, 15) is 13.2 Å². The Labute approximate surface area is 154 Å². The highest BCUT2D eigenvalue weighted by atomic mass is 32.2. The molecule has 1 atom stereocenters. The molecule has 0 fully saturated rings. The molecule has 1 aliphatic carbocycles. The molecule has 0 aliphatic heterocycles. The molecule has 3 rings (SSSR count). The first kappa shape index (κ1) is 18.2. The molecular weight excluding hydrogens is 348 g/mol. The smallest absolute Gasteiger partial charge is 0.255 e. The maximum absolute atomic E-state index is 12.6. The van der Waals surface area contributed by atoms with Crippen molar-refractivity contribution in [2.45, 2.75) is 18.8 Å². The van der Waals surface area contributed by atoms with E-state index in [1.807, 2.05) is 18.2 Å². The van der Waals surface area contributed by atoms with Gasteiger partial charge in [0.15, 0.2) is 0 Å². The second-order valence-corrected chi connectivity index (χ2v) is 8.45. The van der Waals surface area contributed by atoms with Crippen molar-refractivity contribution in [3.8, 4) is 0 Å². The highest BCUT2D eigenvalue weighted by Crippen LogP contribution is 2.35. The van der Waals surface area contributed by atoms with Gasteiger partial charge in [0.2, 0.25) is 10.0 Å². The topological polar surface area (TPSA) is 66.5 Å². The molecule has 0 saturated carbocycles. The first-order valence-corrected chi connectivity index (χ1v) is 10.3. The fourth-order valence-corrected chi connectivity index (χ4v) is 3.55. The third-order valence-electron chi connectivity index (χ3n) is 4.58.